The standard InChI is InChI=1S/C8H17N.ClH/c1-6-3-4-8(9)5-7(6)2;/h6-8H,3-5,9H2,1-2H3;1H/t6-,7-,8-;/m1./s1. The molecule has 0 unspecified atom stereocenters. The topological polar surface area (TPSA) is 26.0 Å². The highest BCUT2D eigenvalue weighted by atomic mass is 35.5. The van der Waals surface area contributed by atoms with Crippen LogP contribution in [-0.2, 0) is 0 Å². The van der Waals surface area contributed by atoms with Crippen LogP contribution in [0.3, 0.4) is 0 Å². The predicted octanol–water partition coefficient (Wildman–Crippen LogP) is 2.19. The normalized spacial score (nSPS) is 40.5. The highest BCUT2D eigenvalue weighted by Crippen LogP contribution is 2.27. The van der Waals surface area contributed by atoms with Crippen LogP contribution in [0.1, 0.15) is 33.1 Å². The zero-order valence-corrected chi connectivity index (χ0v) is 7.66. The van der Waals surface area contributed by atoms with Crippen LogP contribution in [0.5, 0.6) is 0 Å². The summed E-state index contributed by atoms with van der Waals surface area (Å²) in [5.74, 6) is 1.76. The van der Waals surface area contributed by atoms with E-state index in [-0.39, 0.29) is 12.4 Å². The summed E-state index contributed by atoms with van der Waals surface area (Å²) in [6, 6.07) is 0.496. The smallest absolute Gasteiger partial charge is 0.00415 e. The van der Waals surface area contributed by atoms with Crippen molar-refractivity contribution in [3.8, 4) is 0 Å². The molecule has 0 aromatic rings. The fraction of sp³-hybridized carbons (Fsp3) is 1.00. The molecule has 0 aromatic carbocycles. The third kappa shape index (κ3) is 2.47. The third-order valence-corrected chi connectivity index (χ3v) is 2.64. The van der Waals surface area contributed by atoms with Gasteiger partial charge < -0.3 is 5.73 Å². The monoisotopic (exact) mass is 163 g/mol. The minimum absolute atomic E-state index is 0. The van der Waals surface area contributed by atoms with Gasteiger partial charge in [0.15, 0.2) is 0 Å². The summed E-state index contributed by atoms with van der Waals surface area (Å²) in [7, 11) is 0. The molecule has 0 saturated heterocycles. The molecule has 1 aliphatic rings. The summed E-state index contributed by atoms with van der Waals surface area (Å²) >= 11 is 0. The van der Waals surface area contributed by atoms with Gasteiger partial charge in [-0.1, -0.05) is 13.8 Å². The van der Waals surface area contributed by atoms with Crippen molar-refractivity contribution in [2.24, 2.45) is 17.6 Å². The van der Waals surface area contributed by atoms with Crippen molar-refractivity contribution < 1.29 is 0 Å². The van der Waals surface area contributed by atoms with E-state index in [2.05, 4.69) is 13.8 Å². The molecule has 0 amide bonds. The second-order valence-electron chi connectivity index (χ2n) is 3.53. The number of nitrogens with two attached hydrogens (primary N) is 1. The third-order valence-electron chi connectivity index (χ3n) is 2.64. The molecule has 2 heteroatoms. The number of halogens is 1. The average molecular weight is 164 g/mol. The minimum Gasteiger partial charge on any atom is -0.328 e. The van der Waals surface area contributed by atoms with E-state index in [1.54, 1.807) is 0 Å². The van der Waals surface area contributed by atoms with Gasteiger partial charge >= 0.3 is 0 Å². The Morgan fingerprint density at radius 1 is 1.10 bits per heavy atom. The Labute approximate surface area is 69.8 Å². The van der Waals surface area contributed by atoms with Crippen molar-refractivity contribution in [2.75, 3.05) is 0 Å². The lowest BCUT2D eigenvalue weighted by atomic mass is 9.79. The molecule has 3 atom stereocenters. The predicted molar refractivity (Wildman–Crippen MR) is 47.4 cm³/mol. The molecule has 10 heavy (non-hydrogen) atoms. The van der Waals surface area contributed by atoms with Gasteiger partial charge in [0.2, 0.25) is 0 Å². The van der Waals surface area contributed by atoms with Gasteiger partial charge in [-0.15, -0.1) is 12.4 Å². The molecular formula is C8H18ClN. The fourth-order valence-electron chi connectivity index (χ4n) is 1.59. The van der Waals surface area contributed by atoms with Gasteiger partial charge in [-0.2, -0.15) is 0 Å². The first-order valence-corrected chi connectivity index (χ1v) is 3.95. The second kappa shape index (κ2) is 4.20. The first-order valence-electron chi connectivity index (χ1n) is 3.95. The SMILES string of the molecule is C[C@@H]1CC[C@@H](N)C[C@H]1C.Cl. The molecule has 1 rings (SSSR count). The first kappa shape index (κ1) is 10.2. The number of rotatable bonds is 0. The molecule has 0 radical (unpaired) electrons. The van der Waals surface area contributed by atoms with Crippen molar-refractivity contribution in [3.05, 3.63) is 0 Å². The molecule has 0 aromatic heterocycles. The van der Waals surface area contributed by atoms with Crippen LogP contribution in [0.2, 0.25) is 0 Å². The Morgan fingerprint density at radius 3 is 2.10 bits per heavy atom. The summed E-state index contributed by atoms with van der Waals surface area (Å²) in [4.78, 5) is 0. The largest absolute Gasteiger partial charge is 0.328 e. The summed E-state index contributed by atoms with van der Waals surface area (Å²) in [6.07, 6.45) is 3.81. The maximum atomic E-state index is 5.79. The Kier molecular flexibility index (Phi) is 4.30. The van der Waals surface area contributed by atoms with E-state index in [1.807, 2.05) is 0 Å². The van der Waals surface area contributed by atoms with Crippen LogP contribution >= 0.6 is 12.4 Å². The molecule has 1 aliphatic carbocycles. The van der Waals surface area contributed by atoms with E-state index in [0.29, 0.717) is 6.04 Å². The Balaban J connectivity index is 0.000000810. The molecule has 0 spiro atoms. The lowest BCUT2D eigenvalue weighted by Gasteiger charge is -2.29. The van der Waals surface area contributed by atoms with Crippen LogP contribution in [0.15, 0.2) is 0 Å². The molecule has 1 saturated carbocycles. The summed E-state index contributed by atoms with van der Waals surface area (Å²) in [5.41, 5.74) is 5.79. The zero-order valence-electron chi connectivity index (χ0n) is 6.84. The minimum atomic E-state index is 0. The van der Waals surface area contributed by atoms with Crippen LogP contribution in [0, 0.1) is 11.8 Å². The van der Waals surface area contributed by atoms with E-state index < -0.39 is 0 Å². The first-order chi connectivity index (χ1) is 4.20. The van der Waals surface area contributed by atoms with E-state index in [4.69, 9.17) is 5.73 Å². The maximum Gasteiger partial charge on any atom is 0.00415 e. The van der Waals surface area contributed by atoms with Crippen LogP contribution < -0.4 is 5.73 Å². The quantitative estimate of drug-likeness (QED) is 0.582. The highest BCUT2D eigenvalue weighted by molar-refractivity contribution is 5.85. The summed E-state index contributed by atoms with van der Waals surface area (Å²) in [6.45, 7) is 4.64. The summed E-state index contributed by atoms with van der Waals surface area (Å²) < 4.78 is 0. The molecule has 1 nitrogen and oxygen atoms in total. The summed E-state index contributed by atoms with van der Waals surface area (Å²) in [5, 5.41) is 0. The van der Waals surface area contributed by atoms with E-state index >= 15 is 0 Å². The fourth-order valence-corrected chi connectivity index (χ4v) is 1.59. The van der Waals surface area contributed by atoms with Crippen molar-refractivity contribution in [3.63, 3.8) is 0 Å². The lowest BCUT2D eigenvalue weighted by Crippen LogP contribution is -2.30. The van der Waals surface area contributed by atoms with Gasteiger partial charge in [0, 0.05) is 6.04 Å². The average Bonchev–Trinajstić information content (AvgIpc) is 1.80. The van der Waals surface area contributed by atoms with Crippen molar-refractivity contribution in [1.29, 1.82) is 0 Å². The molecule has 2 N–H and O–H groups in total. The van der Waals surface area contributed by atoms with Gasteiger partial charge in [0.05, 0.1) is 0 Å². The molecule has 0 bridgehead atoms. The Bertz CT molecular complexity index is 95.3. The highest BCUT2D eigenvalue weighted by Gasteiger charge is 2.21. The molecular weight excluding hydrogens is 146 g/mol. The van der Waals surface area contributed by atoms with Gasteiger partial charge in [-0.3, -0.25) is 0 Å². The number of hydrogen-bond donors (Lipinski definition) is 1. The second-order valence-corrected chi connectivity index (χ2v) is 3.53. The van der Waals surface area contributed by atoms with Crippen LogP contribution in [0.25, 0.3) is 0 Å². The van der Waals surface area contributed by atoms with Gasteiger partial charge in [0.1, 0.15) is 0 Å². The number of hydrogen-bond acceptors (Lipinski definition) is 1. The molecule has 62 valence electrons. The lowest BCUT2D eigenvalue weighted by molar-refractivity contribution is 0.251. The Hall–Kier alpha value is 0.250. The van der Waals surface area contributed by atoms with Crippen LogP contribution in [-0.4, -0.2) is 6.04 Å². The van der Waals surface area contributed by atoms with E-state index in [9.17, 15) is 0 Å². The van der Waals surface area contributed by atoms with Gasteiger partial charge in [0.25, 0.3) is 0 Å². The van der Waals surface area contributed by atoms with Crippen molar-refractivity contribution >= 4 is 12.4 Å². The van der Waals surface area contributed by atoms with Crippen molar-refractivity contribution in [1.82, 2.24) is 0 Å². The van der Waals surface area contributed by atoms with Crippen LogP contribution in [0.4, 0.5) is 0 Å². The molecule has 1 fully saturated rings. The van der Waals surface area contributed by atoms with Gasteiger partial charge in [-0.05, 0) is 31.1 Å². The molecule has 0 aliphatic heterocycles. The van der Waals surface area contributed by atoms with E-state index in [0.717, 1.165) is 11.8 Å². The maximum absolute atomic E-state index is 5.79. The zero-order chi connectivity index (χ0) is 6.85. The van der Waals surface area contributed by atoms with Crippen molar-refractivity contribution in [2.45, 2.75) is 39.2 Å². The molecule has 0 heterocycles. The van der Waals surface area contributed by atoms with E-state index in [1.165, 1.54) is 19.3 Å². The van der Waals surface area contributed by atoms with Gasteiger partial charge in [-0.25, -0.2) is 0 Å². The Morgan fingerprint density at radius 2 is 1.70 bits per heavy atom.